The molecule has 0 bridgehead atoms. The molecule has 7 heteroatoms. The lowest BCUT2D eigenvalue weighted by molar-refractivity contribution is 0.600. The maximum Gasteiger partial charge on any atom is 0.264 e. The van der Waals surface area contributed by atoms with Crippen molar-refractivity contribution in [3.8, 4) is 0 Å². The van der Waals surface area contributed by atoms with Gasteiger partial charge in [0.15, 0.2) is 5.13 Å². The number of hydrogen-bond donors (Lipinski definition) is 2. The molecule has 0 spiro atoms. The molecule has 0 saturated carbocycles. The average molecular weight is 325 g/mol. The molecule has 2 aromatic rings. The van der Waals surface area contributed by atoms with Crippen molar-refractivity contribution >= 4 is 32.2 Å². The molecule has 0 saturated heterocycles. The molecule has 1 heterocycles. The second kappa shape index (κ2) is 5.65. The van der Waals surface area contributed by atoms with E-state index in [1.54, 1.807) is 19.1 Å². The van der Waals surface area contributed by atoms with Crippen molar-refractivity contribution in [1.82, 2.24) is 4.98 Å². The zero-order valence-corrected chi connectivity index (χ0v) is 14.1. The summed E-state index contributed by atoms with van der Waals surface area (Å²) in [5.74, 6) is 0.260. The second-order valence-electron chi connectivity index (χ2n) is 5.32. The predicted octanol–water partition coefficient (Wildman–Crippen LogP) is 3.27. The molecule has 1 aromatic heterocycles. The number of aryl methyl sites for hydroxylation is 1. The molecule has 0 unspecified atom stereocenters. The summed E-state index contributed by atoms with van der Waals surface area (Å²) in [5.41, 5.74) is 8.55. The minimum Gasteiger partial charge on any atom is -0.398 e. The van der Waals surface area contributed by atoms with E-state index in [-0.39, 0.29) is 10.8 Å². The van der Waals surface area contributed by atoms with Crippen LogP contribution in [0.5, 0.6) is 0 Å². The Morgan fingerprint density at radius 3 is 2.52 bits per heavy atom. The Labute approximate surface area is 129 Å². The lowest BCUT2D eigenvalue weighted by atomic mass is 10.1. The first-order valence-corrected chi connectivity index (χ1v) is 8.92. The van der Waals surface area contributed by atoms with E-state index in [0.29, 0.717) is 16.4 Å². The average Bonchev–Trinajstić information content (AvgIpc) is 2.81. The van der Waals surface area contributed by atoms with E-state index in [1.165, 1.54) is 11.3 Å². The lowest BCUT2D eigenvalue weighted by Crippen LogP contribution is -2.15. The fourth-order valence-corrected chi connectivity index (χ4v) is 4.38. The summed E-state index contributed by atoms with van der Waals surface area (Å²) in [6, 6.07) is 3.37. The van der Waals surface area contributed by atoms with E-state index in [1.807, 2.05) is 26.2 Å². The van der Waals surface area contributed by atoms with Crippen LogP contribution in [0.25, 0.3) is 0 Å². The van der Waals surface area contributed by atoms with Crippen LogP contribution in [0.3, 0.4) is 0 Å². The van der Waals surface area contributed by atoms with Gasteiger partial charge in [-0.3, -0.25) is 4.72 Å². The molecule has 3 N–H and O–H groups in total. The molecule has 0 amide bonds. The van der Waals surface area contributed by atoms with Gasteiger partial charge in [0, 0.05) is 11.1 Å². The summed E-state index contributed by atoms with van der Waals surface area (Å²) in [7, 11) is -3.68. The van der Waals surface area contributed by atoms with Crippen LogP contribution >= 0.6 is 11.3 Å². The smallest absolute Gasteiger partial charge is 0.264 e. The fraction of sp³-hybridized carbons (Fsp3) is 0.357. The van der Waals surface area contributed by atoms with E-state index in [9.17, 15) is 8.42 Å². The largest absolute Gasteiger partial charge is 0.398 e. The highest BCUT2D eigenvalue weighted by Crippen LogP contribution is 2.27. The Morgan fingerprint density at radius 1 is 1.29 bits per heavy atom. The molecule has 5 nitrogen and oxygen atoms in total. The Kier molecular flexibility index (Phi) is 4.25. The molecule has 114 valence electrons. The van der Waals surface area contributed by atoms with E-state index < -0.39 is 10.0 Å². The highest BCUT2D eigenvalue weighted by atomic mass is 32.2. The monoisotopic (exact) mass is 325 g/mol. The topological polar surface area (TPSA) is 85.1 Å². The van der Waals surface area contributed by atoms with Gasteiger partial charge in [0.05, 0.1) is 10.6 Å². The SMILES string of the molecule is Cc1cc(N)c(C)c(S(=O)(=O)Nc2nc(C(C)C)cs2)c1. The highest BCUT2D eigenvalue weighted by Gasteiger charge is 2.20. The molecule has 1 aromatic carbocycles. The Morgan fingerprint density at radius 2 is 1.95 bits per heavy atom. The fourth-order valence-electron chi connectivity index (χ4n) is 1.90. The third kappa shape index (κ3) is 3.36. The molecule has 0 aliphatic carbocycles. The molecule has 0 atom stereocenters. The summed E-state index contributed by atoms with van der Waals surface area (Å²) in [5, 5.41) is 2.23. The highest BCUT2D eigenvalue weighted by molar-refractivity contribution is 7.93. The van der Waals surface area contributed by atoms with Crippen LogP contribution in [0.1, 0.15) is 36.6 Å². The number of nitrogens with zero attached hydrogens (tertiary/aromatic N) is 1. The number of hydrogen-bond acceptors (Lipinski definition) is 5. The zero-order chi connectivity index (χ0) is 15.8. The van der Waals surface area contributed by atoms with Crippen molar-refractivity contribution in [3.63, 3.8) is 0 Å². The number of sulfonamides is 1. The van der Waals surface area contributed by atoms with Crippen molar-refractivity contribution in [2.24, 2.45) is 0 Å². The minimum atomic E-state index is -3.68. The molecular weight excluding hydrogens is 306 g/mol. The number of benzene rings is 1. The van der Waals surface area contributed by atoms with E-state index in [4.69, 9.17) is 5.73 Å². The zero-order valence-electron chi connectivity index (χ0n) is 12.5. The first-order valence-electron chi connectivity index (χ1n) is 6.55. The summed E-state index contributed by atoms with van der Waals surface area (Å²) in [6.07, 6.45) is 0. The van der Waals surface area contributed by atoms with Crippen LogP contribution in [-0.4, -0.2) is 13.4 Å². The van der Waals surface area contributed by atoms with Crippen LogP contribution in [0.4, 0.5) is 10.8 Å². The van der Waals surface area contributed by atoms with Gasteiger partial charge in [-0.1, -0.05) is 13.8 Å². The number of rotatable bonds is 4. The van der Waals surface area contributed by atoms with Gasteiger partial charge < -0.3 is 5.73 Å². The van der Waals surface area contributed by atoms with Crippen LogP contribution in [0, 0.1) is 13.8 Å². The molecule has 21 heavy (non-hydrogen) atoms. The molecule has 2 rings (SSSR count). The summed E-state index contributed by atoms with van der Waals surface area (Å²) in [4.78, 5) is 4.49. The van der Waals surface area contributed by atoms with Crippen LogP contribution < -0.4 is 10.5 Å². The van der Waals surface area contributed by atoms with Crippen LogP contribution in [-0.2, 0) is 10.0 Å². The molecule has 0 aliphatic rings. The minimum absolute atomic E-state index is 0.196. The standard InChI is InChI=1S/C14H19N3O2S2/c1-8(2)12-7-20-14(16-12)17-21(18,19)13-6-9(3)5-11(15)10(13)4/h5-8H,15H2,1-4H3,(H,16,17). The van der Waals surface area contributed by atoms with E-state index in [2.05, 4.69) is 9.71 Å². The van der Waals surface area contributed by atoms with E-state index >= 15 is 0 Å². The van der Waals surface area contributed by atoms with E-state index in [0.717, 1.165) is 11.3 Å². The summed E-state index contributed by atoms with van der Waals surface area (Å²) < 4.78 is 27.5. The van der Waals surface area contributed by atoms with Gasteiger partial charge in [0.25, 0.3) is 10.0 Å². The number of nitrogens with two attached hydrogens (primary N) is 1. The number of aromatic nitrogens is 1. The molecule has 0 aliphatic heterocycles. The van der Waals surface area contributed by atoms with Crippen molar-refractivity contribution in [2.45, 2.75) is 38.5 Å². The van der Waals surface area contributed by atoms with Crippen LogP contribution in [0.2, 0.25) is 0 Å². The Hall–Kier alpha value is -1.60. The number of anilines is 2. The summed E-state index contributed by atoms with van der Waals surface area (Å²) >= 11 is 1.28. The van der Waals surface area contributed by atoms with Gasteiger partial charge in [-0.05, 0) is 43.0 Å². The number of nitrogens with one attached hydrogen (secondary N) is 1. The van der Waals surface area contributed by atoms with Gasteiger partial charge in [-0.25, -0.2) is 13.4 Å². The van der Waals surface area contributed by atoms with Gasteiger partial charge in [-0.2, -0.15) is 0 Å². The third-order valence-electron chi connectivity index (χ3n) is 3.17. The normalized spacial score (nSPS) is 11.9. The number of thiazole rings is 1. The Balaban J connectivity index is 2.38. The van der Waals surface area contributed by atoms with Gasteiger partial charge >= 0.3 is 0 Å². The predicted molar refractivity (Wildman–Crippen MR) is 87.3 cm³/mol. The van der Waals surface area contributed by atoms with Gasteiger partial charge in [0.1, 0.15) is 0 Å². The summed E-state index contributed by atoms with van der Waals surface area (Å²) in [6.45, 7) is 7.54. The molecule has 0 radical (unpaired) electrons. The van der Waals surface area contributed by atoms with Gasteiger partial charge in [0.2, 0.25) is 0 Å². The second-order valence-corrected chi connectivity index (χ2v) is 7.82. The Bertz CT molecular complexity index is 765. The maximum absolute atomic E-state index is 12.5. The first-order chi connectivity index (χ1) is 9.70. The van der Waals surface area contributed by atoms with Gasteiger partial charge in [-0.15, -0.1) is 11.3 Å². The number of nitrogen functional groups attached to an aromatic ring is 1. The van der Waals surface area contributed by atoms with Crippen LogP contribution in [0.15, 0.2) is 22.4 Å². The third-order valence-corrected chi connectivity index (χ3v) is 5.54. The van der Waals surface area contributed by atoms with Crippen molar-refractivity contribution in [1.29, 1.82) is 0 Å². The first kappa shape index (κ1) is 15.8. The van der Waals surface area contributed by atoms with Crippen molar-refractivity contribution in [3.05, 3.63) is 34.3 Å². The van der Waals surface area contributed by atoms with Crippen molar-refractivity contribution < 1.29 is 8.42 Å². The lowest BCUT2D eigenvalue weighted by Gasteiger charge is -2.11. The van der Waals surface area contributed by atoms with Crippen molar-refractivity contribution in [2.75, 3.05) is 10.5 Å². The molecular formula is C14H19N3O2S2. The quantitative estimate of drug-likeness (QED) is 0.845. The molecule has 0 fully saturated rings. The maximum atomic E-state index is 12.5.